The van der Waals surface area contributed by atoms with Crippen molar-refractivity contribution in [1.29, 1.82) is 0 Å². The summed E-state index contributed by atoms with van der Waals surface area (Å²) in [4.78, 5) is 2.40. The van der Waals surface area contributed by atoms with E-state index in [0.717, 1.165) is 17.1 Å². The smallest absolute Gasteiger partial charge is 0.0468 e. The summed E-state index contributed by atoms with van der Waals surface area (Å²) in [6, 6.07) is 73.5. The summed E-state index contributed by atoms with van der Waals surface area (Å²) < 4.78 is 2.64. The second-order valence-electron chi connectivity index (χ2n) is 14.1. The Kier molecular flexibility index (Phi) is 7.11. The fraction of sp³-hybridized carbons (Fsp3) is 0. The van der Waals surface area contributed by atoms with E-state index in [9.17, 15) is 0 Å². The maximum absolute atomic E-state index is 2.40. The average Bonchev–Trinajstić information content (AvgIpc) is 3.64. The first kappa shape index (κ1) is 30.8. The molecule has 0 aliphatic carbocycles. The normalized spacial score (nSPS) is 11.7. The highest BCUT2D eigenvalue weighted by Crippen LogP contribution is 2.44. The lowest BCUT2D eigenvalue weighted by molar-refractivity contribution is 1.29. The van der Waals surface area contributed by atoms with E-state index in [2.05, 4.69) is 205 Å². The van der Waals surface area contributed by atoms with Gasteiger partial charge in [0.25, 0.3) is 0 Å². The van der Waals surface area contributed by atoms with Gasteiger partial charge in [-0.2, -0.15) is 0 Å². The Hall–Kier alpha value is -6.74. The molecule has 0 fully saturated rings. The van der Waals surface area contributed by atoms with E-state index < -0.39 is 0 Å². The summed E-state index contributed by atoms with van der Waals surface area (Å²) in [7, 11) is 0. The van der Waals surface area contributed by atoms with Crippen molar-refractivity contribution >= 4 is 91.7 Å². The molecule has 0 unspecified atom stereocenters. The predicted octanol–water partition coefficient (Wildman–Crippen LogP) is 15.5. The largest absolute Gasteiger partial charge is 0.310 e. The Bertz CT molecular complexity index is 3190. The molecule has 2 heteroatoms. The van der Waals surface area contributed by atoms with Crippen LogP contribution in [0.1, 0.15) is 0 Å². The second-order valence-corrected chi connectivity index (χ2v) is 15.2. The molecule has 0 saturated heterocycles. The standard InChI is InChI=1S/C52H33NS/c1-2-10-34(11-3-1)35-18-25-39(26-19-35)53(41-29-22-38-24-31-51-52(48(38)32-41)46-16-8-9-17-50(46)54-51)40-27-20-37(21-28-40)47-33-49-42-13-5-4-12-36(42)23-30-45(49)43-14-6-7-15-44(43)47/h1-33H. The van der Waals surface area contributed by atoms with Gasteiger partial charge >= 0.3 is 0 Å². The van der Waals surface area contributed by atoms with E-state index in [1.54, 1.807) is 0 Å². The number of hydrogen-bond donors (Lipinski definition) is 0. The van der Waals surface area contributed by atoms with Crippen LogP contribution in [-0.4, -0.2) is 0 Å². The van der Waals surface area contributed by atoms with Crippen molar-refractivity contribution in [1.82, 2.24) is 0 Å². The zero-order chi connectivity index (χ0) is 35.6. The Balaban J connectivity index is 1.09. The van der Waals surface area contributed by atoms with Gasteiger partial charge in [-0.3, -0.25) is 0 Å². The number of nitrogens with zero attached hydrogens (tertiary/aromatic N) is 1. The summed E-state index contributed by atoms with van der Waals surface area (Å²) in [5.41, 5.74) is 8.23. The van der Waals surface area contributed by atoms with Crippen LogP contribution in [0, 0.1) is 0 Å². The van der Waals surface area contributed by atoms with Crippen LogP contribution in [0.4, 0.5) is 17.1 Å². The Morgan fingerprint density at radius 1 is 0.296 bits per heavy atom. The van der Waals surface area contributed by atoms with Gasteiger partial charge in [0.2, 0.25) is 0 Å². The van der Waals surface area contributed by atoms with Gasteiger partial charge < -0.3 is 4.90 Å². The van der Waals surface area contributed by atoms with Crippen molar-refractivity contribution in [3.05, 3.63) is 200 Å². The number of rotatable bonds is 5. The summed E-state index contributed by atoms with van der Waals surface area (Å²) in [5, 5.41) is 12.9. The SMILES string of the molecule is c1ccc(-c2ccc(N(c3ccc(-c4cc5c6ccccc6ccc5c5ccccc45)cc3)c3ccc4ccc5sc6ccccc6c5c4c3)cc2)cc1. The Morgan fingerprint density at radius 2 is 0.852 bits per heavy atom. The molecule has 1 aromatic heterocycles. The third-order valence-electron chi connectivity index (χ3n) is 11.0. The fourth-order valence-corrected chi connectivity index (χ4v) is 9.56. The molecule has 1 nitrogen and oxygen atoms in total. The molecule has 11 aromatic rings. The molecule has 0 aliphatic heterocycles. The highest BCUT2D eigenvalue weighted by atomic mass is 32.1. The van der Waals surface area contributed by atoms with Crippen LogP contribution >= 0.6 is 11.3 Å². The van der Waals surface area contributed by atoms with Crippen LogP contribution in [0.25, 0.3) is 85.5 Å². The zero-order valence-electron chi connectivity index (χ0n) is 29.4. The molecular weight excluding hydrogens is 671 g/mol. The molecule has 0 atom stereocenters. The van der Waals surface area contributed by atoms with Gasteiger partial charge in [-0.05, 0) is 120 Å². The molecule has 0 amide bonds. The van der Waals surface area contributed by atoms with Crippen LogP contribution < -0.4 is 4.90 Å². The molecule has 0 saturated carbocycles. The third-order valence-corrected chi connectivity index (χ3v) is 12.2. The van der Waals surface area contributed by atoms with E-state index in [1.165, 1.54) is 85.5 Å². The molecule has 1 heterocycles. The summed E-state index contributed by atoms with van der Waals surface area (Å²) >= 11 is 1.87. The minimum atomic E-state index is 1.11. The Morgan fingerprint density at radius 3 is 1.65 bits per heavy atom. The summed E-state index contributed by atoms with van der Waals surface area (Å²) in [6.07, 6.45) is 0. The van der Waals surface area contributed by atoms with Crippen molar-refractivity contribution < 1.29 is 0 Å². The fourth-order valence-electron chi connectivity index (χ4n) is 8.44. The van der Waals surface area contributed by atoms with Gasteiger partial charge in [0.1, 0.15) is 0 Å². The molecule has 11 rings (SSSR count). The first-order valence-electron chi connectivity index (χ1n) is 18.5. The molecule has 0 aliphatic rings. The zero-order valence-corrected chi connectivity index (χ0v) is 30.2. The van der Waals surface area contributed by atoms with Crippen LogP contribution in [0.5, 0.6) is 0 Å². The highest BCUT2D eigenvalue weighted by Gasteiger charge is 2.17. The lowest BCUT2D eigenvalue weighted by atomic mass is 9.91. The molecule has 0 spiro atoms. The Labute approximate surface area is 317 Å². The minimum Gasteiger partial charge on any atom is -0.310 e. The molecular formula is C52H33NS. The van der Waals surface area contributed by atoms with Crippen LogP contribution in [0.3, 0.4) is 0 Å². The van der Waals surface area contributed by atoms with E-state index in [0.29, 0.717) is 0 Å². The van der Waals surface area contributed by atoms with E-state index >= 15 is 0 Å². The molecule has 0 N–H and O–H groups in total. The van der Waals surface area contributed by atoms with Gasteiger partial charge in [0.15, 0.2) is 0 Å². The number of benzene rings is 10. The first-order chi connectivity index (χ1) is 26.8. The first-order valence-corrected chi connectivity index (χ1v) is 19.3. The van der Waals surface area contributed by atoms with Gasteiger partial charge in [0.05, 0.1) is 0 Å². The van der Waals surface area contributed by atoms with Crippen molar-refractivity contribution in [2.24, 2.45) is 0 Å². The lowest BCUT2D eigenvalue weighted by Crippen LogP contribution is -2.09. The van der Waals surface area contributed by atoms with Crippen molar-refractivity contribution in [3.8, 4) is 22.3 Å². The van der Waals surface area contributed by atoms with Crippen LogP contribution in [0.15, 0.2) is 200 Å². The van der Waals surface area contributed by atoms with E-state index in [-0.39, 0.29) is 0 Å². The van der Waals surface area contributed by atoms with Crippen LogP contribution in [0.2, 0.25) is 0 Å². The lowest BCUT2D eigenvalue weighted by Gasteiger charge is -2.26. The predicted molar refractivity (Wildman–Crippen MR) is 235 cm³/mol. The quantitative estimate of drug-likeness (QED) is 0.161. The highest BCUT2D eigenvalue weighted by molar-refractivity contribution is 7.26. The monoisotopic (exact) mass is 703 g/mol. The van der Waals surface area contributed by atoms with E-state index in [4.69, 9.17) is 0 Å². The van der Waals surface area contributed by atoms with Gasteiger partial charge in [0, 0.05) is 37.2 Å². The van der Waals surface area contributed by atoms with E-state index in [1.807, 2.05) is 11.3 Å². The number of thiophene rings is 1. The number of anilines is 3. The molecule has 10 aromatic carbocycles. The maximum Gasteiger partial charge on any atom is 0.0468 e. The summed E-state index contributed by atoms with van der Waals surface area (Å²) in [6.45, 7) is 0. The molecule has 54 heavy (non-hydrogen) atoms. The molecule has 0 radical (unpaired) electrons. The second kappa shape index (κ2) is 12.4. The van der Waals surface area contributed by atoms with Crippen LogP contribution in [-0.2, 0) is 0 Å². The maximum atomic E-state index is 2.40. The average molecular weight is 704 g/mol. The number of fused-ring (bicyclic) bond motifs is 10. The molecule has 0 bridgehead atoms. The third kappa shape index (κ3) is 4.99. The van der Waals surface area contributed by atoms with Crippen molar-refractivity contribution in [2.45, 2.75) is 0 Å². The van der Waals surface area contributed by atoms with Gasteiger partial charge in [-0.25, -0.2) is 0 Å². The molecule has 252 valence electrons. The summed E-state index contributed by atoms with van der Waals surface area (Å²) in [5.74, 6) is 0. The van der Waals surface area contributed by atoms with Gasteiger partial charge in [-0.1, -0.05) is 146 Å². The van der Waals surface area contributed by atoms with Crippen molar-refractivity contribution in [3.63, 3.8) is 0 Å². The topological polar surface area (TPSA) is 3.24 Å². The van der Waals surface area contributed by atoms with Crippen molar-refractivity contribution in [2.75, 3.05) is 4.90 Å². The number of hydrogen-bond acceptors (Lipinski definition) is 2. The minimum absolute atomic E-state index is 1.11. The van der Waals surface area contributed by atoms with Gasteiger partial charge in [-0.15, -0.1) is 11.3 Å².